The first kappa shape index (κ1) is 19.3. The molecule has 0 unspecified atom stereocenters. The third-order valence-corrected chi connectivity index (χ3v) is 4.94. The zero-order valence-corrected chi connectivity index (χ0v) is 16.5. The number of halogens is 1. The molecule has 1 aromatic heterocycles. The van der Waals surface area contributed by atoms with E-state index in [2.05, 4.69) is 10.2 Å². The molecule has 0 radical (unpaired) electrons. The number of rotatable bonds is 7. The van der Waals surface area contributed by atoms with E-state index in [1.807, 2.05) is 36.4 Å². The Morgan fingerprint density at radius 3 is 2.81 bits per heavy atom. The molecule has 0 spiro atoms. The van der Waals surface area contributed by atoms with Crippen molar-refractivity contribution >= 4 is 29.3 Å². The van der Waals surface area contributed by atoms with Crippen LogP contribution >= 0.6 is 23.4 Å². The number of aromatic nitrogens is 2. The summed E-state index contributed by atoms with van der Waals surface area (Å²) in [6.45, 7) is 0.491. The third kappa shape index (κ3) is 5.02. The number of amides is 1. The largest absolute Gasteiger partial charge is 0.497 e. The second-order valence-electron chi connectivity index (χ2n) is 5.74. The van der Waals surface area contributed by atoms with Gasteiger partial charge in [0.2, 0.25) is 11.8 Å². The minimum Gasteiger partial charge on any atom is -0.497 e. The monoisotopic (exact) mass is 403 g/mol. The molecule has 0 atom stereocenters. The van der Waals surface area contributed by atoms with Crippen molar-refractivity contribution < 1.29 is 13.9 Å². The average molecular weight is 404 g/mol. The Kier molecular flexibility index (Phi) is 6.36. The molecule has 8 heteroatoms. The number of ether oxygens (including phenoxy) is 1. The van der Waals surface area contributed by atoms with Gasteiger partial charge in [-0.05, 0) is 29.8 Å². The lowest BCUT2D eigenvalue weighted by Crippen LogP contribution is -2.27. The van der Waals surface area contributed by atoms with Crippen LogP contribution < -0.4 is 4.74 Å². The lowest BCUT2D eigenvalue weighted by molar-refractivity contribution is -0.127. The Morgan fingerprint density at radius 1 is 1.22 bits per heavy atom. The first-order chi connectivity index (χ1) is 13.1. The number of benzene rings is 2. The van der Waals surface area contributed by atoms with Crippen molar-refractivity contribution in [2.24, 2.45) is 0 Å². The Hall–Kier alpha value is -2.51. The maximum absolute atomic E-state index is 12.4. The molecular weight excluding hydrogens is 386 g/mol. The van der Waals surface area contributed by atoms with Gasteiger partial charge in [-0.2, -0.15) is 0 Å². The maximum Gasteiger partial charge on any atom is 0.277 e. The van der Waals surface area contributed by atoms with Gasteiger partial charge in [-0.1, -0.05) is 47.6 Å². The van der Waals surface area contributed by atoms with Gasteiger partial charge in [0, 0.05) is 13.6 Å². The number of nitrogens with zero attached hydrogens (tertiary/aromatic N) is 3. The van der Waals surface area contributed by atoms with E-state index >= 15 is 0 Å². The summed E-state index contributed by atoms with van der Waals surface area (Å²) in [6, 6.07) is 14.9. The SMILES string of the molecule is COc1cccc(CN(C)C(=O)CSc2nnc(-c3ccccc3Cl)o2)c1. The number of methoxy groups -OCH3 is 1. The van der Waals surface area contributed by atoms with E-state index in [9.17, 15) is 4.79 Å². The molecule has 6 nitrogen and oxygen atoms in total. The van der Waals surface area contributed by atoms with Gasteiger partial charge >= 0.3 is 0 Å². The highest BCUT2D eigenvalue weighted by atomic mass is 35.5. The van der Waals surface area contributed by atoms with Crippen molar-refractivity contribution in [2.75, 3.05) is 19.9 Å². The van der Waals surface area contributed by atoms with E-state index in [-0.39, 0.29) is 11.7 Å². The van der Waals surface area contributed by atoms with Crippen LogP contribution in [-0.2, 0) is 11.3 Å². The summed E-state index contributed by atoms with van der Waals surface area (Å²) in [5.41, 5.74) is 1.66. The third-order valence-electron chi connectivity index (χ3n) is 3.81. The summed E-state index contributed by atoms with van der Waals surface area (Å²) in [4.78, 5) is 14.0. The number of thioether (sulfide) groups is 1. The van der Waals surface area contributed by atoms with Crippen LogP contribution in [0.1, 0.15) is 5.56 Å². The van der Waals surface area contributed by atoms with Gasteiger partial charge in [0.15, 0.2) is 0 Å². The zero-order valence-electron chi connectivity index (χ0n) is 14.9. The van der Waals surface area contributed by atoms with E-state index in [4.69, 9.17) is 20.8 Å². The molecular formula is C19H18ClN3O3S. The fourth-order valence-electron chi connectivity index (χ4n) is 2.38. The van der Waals surface area contributed by atoms with Crippen LogP contribution in [0.2, 0.25) is 5.02 Å². The number of carbonyl (C=O) groups excluding carboxylic acids is 1. The summed E-state index contributed by atoms with van der Waals surface area (Å²) < 4.78 is 10.8. The van der Waals surface area contributed by atoms with E-state index in [1.54, 1.807) is 31.2 Å². The molecule has 0 fully saturated rings. The van der Waals surface area contributed by atoms with Crippen LogP contribution in [0.3, 0.4) is 0 Å². The highest BCUT2D eigenvalue weighted by Gasteiger charge is 2.15. The molecule has 0 saturated carbocycles. The summed E-state index contributed by atoms with van der Waals surface area (Å²) in [5.74, 6) is 1.26. The number of hydrogen-bond donors (Lipinski definition) is 0. The molecule has 3 aromatic rings. The fourth-order valence-corrected chi connectivity index (χ4v) is 3.30. The predicted octanol–water partition coefficient (Wildman–Crippen LogP) is 4.15. The molecule has 27 heavy (non-hydrogen) atoms. The minimum atomic E-state index is -0.0414. The quantitative estimate of drug-likeness (QED) is 0.552. The highest BCUT2D eigenvalue weighted by molar-refractivity contribution is 7.99. The fraction of sp³-hybridized carbons (Fsp3) is 0.211. The molecule has 1 amide bonds. The molecule has 3 rings (SSSR count). The van der Waals surface area contributed by atoms with Gasteiger partial charge in [0.25, 0.3) is 5.22 Å². The van der Waals surface area contributed by atoms with E-state index in [1.165, 1.54) is 11.8 Å². The topological polar surface area (TPSA) is 68.5 Å². The molecule has 2 aromatic carbocycles. The Morgan fingerprint density at radius 2 is 2.04 bits per heavy atom. The standard InChI is InChI=1S/C19H18ClN3O3S/c1-23(11-13-6-5-7-14(10-13)25-2)17(24)12-27-19-22-21-18(26-19)15-8-3-4-9-16(15)20/h3-10H,11-12H2,1-2H3. The molecule has 0 aliphatic rings. The molecule has 1 heterocycles. The van der Waals surface area contributed by atoms with Gasteiger partial charge in [-0.25, -0.2) is 0 Å². The highest BCUT2D eigenvalue weighted by Crippen LogP contribution is 2.28. The molecule has 0 N–H and O–H groups in total. The maximum atomic E-state index is 12.4. The number of hydrogen-bond acceptors (Lipinski definition) is 6. The first-order valence-corrected chi connectivity index (χ1v) is 9.51. The van der Waals surface area contributed by atoms with Gasteiger partial charge in [0.1, 0.15) is 5.75 Å². The van der Waals surface area contributed by atoms with E-state index in [0.29, 0.717) is 28.2 Å². The lowest BCUT2D eigenvalue weighted by atomic mass is 10.2. The molecule has 0 aliphatic carbocycles. The zero-order chi connectivity index (χ0) is 19.2. The summed E-state index contributed by atoms with van der Waals surface area (Å²) in [6.07, 6.45) is 0. The minimum absolute atomic E-state index is 0.0414. The lowest BCUT2D eigenvalue weighted by Gasteiger charge is -2.17. The van der Waals surface area contributed by atoms with Gasteiger partial charge in [-0.3, -0.25) is 4.79 Å². The number of carbonyl (C=O) groups is 1. The van der Waals surface area contributed by atoms with Crippen molar-refractivity contribution in [3.05, 3.63) is 59.1 Å². The molecule has 0 aliphatic heterocycles. The summed E-state index contributed by atoms with van der Waals surface area (Å²) >= 11 is 7.33. The second-order valence-corrected chi connectivity index (χ2v) is 7.08. The van der Waals surface area contributed by atoms with Crippen LogP contribution in [0.15, 0.2) is 58.2 Å². The van der Waals surface area contributed by atoms with Crippen LogP contribution in [0.25, 0.3) is 11.5 Å². The second kappa shape index (κ2) is 8.92. The molecule has 0 saturated heterocycles. The first-order valence-electron chi connectivity index (χ1n) is 8.15. The Bertz CT molecular complexity index is 932. The van der Waals surface area contributed by atoms with Gasteiger partial charge < -0.3 is 14.1 Å². The van der Waals surface area contributed by atoms with Crippen molar-refractivity contribution in [1.82, 2.24) is 15.1 Å². The van der Waals surface area contributed by atoms with Crippen molar-refractivity contribution in [2.45, 2.75) is 11.8 Å². The Labute approximate surface area is 166 Å². The molecule has 0 bridgehead atoms. The Balaban J connectivity index is 1.56. The van der Waals surface area contributed by atoms with Crippen molar-refractivity contribution in [1.29, 1.82) is 0 Å². The van der Waals surface area contributed by atoms with Crippen LogP contribution in [0.4, 0.5) is 0 Å². The van der Waals surface area contributed by atoms with E-state index in [0.717, 1.165) is 11.3 Å². The van der Waals surface area contributed by atoms with Gasteiger partial charge in [0.05, 0.1) is 23.4 Å². The van der Waals surface area contributed by atoms with Crippen LogP contribution in [-0.4, -0.2) is 40.9 Å². The van der Waals surface area contributed by atoms with Crippen LogP contribution in [0.5, 0.6) is 5.75 Å². The summed E-state index contributed by atoms with van der Waals surface area (Å²) in [5, 5.41) is 8.83. The van der Waals surface area contributed by atoms with Gasteiger partial charge in [-0.15, -0.1) is 10.2 Å². The normalized spacial score (nSPS) is 10.6. The summed E-state index contributed by atoms with van der Waals surface area (Å²) in [7, 11) is 3.37. The molecule has 140 valence electrons. The smallest absolute Gasteiger partial charge is 0.277 e. The van der Waals surface area contributed by atoms with E-state index < -0.39 is 0 Å². The van der Waals surface area contributed by atoms with Crippen molar-refractivity contribution in [3.63, 3.8) is 0 Å². The van der Waals surface area contributed by atoms with Crippen LogP contribution in [0, 0.1) is 0 Å². The average Bonchev–Trinajstić information content (AvgIpc) is 3.15. The predicted molar refractivity (Wildman–Crippen MR) is 105 cm³/mol. The van der Waals surface area contributed by atoms with Crippen molar-refractivity contribution in [3.8, 4) is 17.2 Å².